The number of hydrogen-bond acceptors (Lipinski definition) is 7. The number of benzene rings is 1. The van der Waals surface area contributed by atoms with Gasteiger partial charge in [0.1, 0.15) is 0 Å². The van der Waals surface area contributed by atoms with E-state index in [9.17, 15) is 4.79 Å². The molecule has 9 nitrogen and oxygen atoms in total. The average molecular weight is 415 g/mol. The fourth-order valence-electron chi connectivity index (χ4n) is 3.44. The van der Waals surface area contributed by atoms with Crippen molar-refractivity contribution in [3.8, 4) is 17.2 Å². The highest BCUT2D eigenvalue weighted by atomic mass is 16.5. The lowest BCUT2D eigenvalue weighted by molar-refractivity contribution is 0.251. The molecule has 2 heterocycles. The van der Waals surface area contributed by atoms with Gasteiger partial charge in [0.05, 0.1) is 39.3 Å². The number of hydrogen-bond donors (Lipinski definition) is 2. The Morgan fingerprint density at radius 2 is 1.67 bits per heavy atom. The molecule has 0 atom stereocenters. The topological polar surface area (TPSA) is 97.8 Å². The van der Waals surface area contributed by atoms with Crippen LogP contribution in [0, 0.1) is 6.92 Å². The van der Waals surface area contributed by atoms with Crippen LogP contribution in [0.25, 0.3) is 0 Å². The van der Waals surface area contributed by atoms with Crippen LogP contribution in [0.15, 0.2) is 18.2 Å². The molecule has 1 saturated heterocycles. The number of ether oxygens (including phenoxy) is 3. The van der Waals surface area contributed by atoms with Crippen molar-refractivity contribution >= 4 is 17.7 Å². The van der Waals surface area contributed by atoms with Crippen molar-refractivity contribution in [3.63, 3.8) is 0 Å². The molecule has 1 aliphatic heterocycles. The summed E-state index contributed by atoms with van der Waals surface area (Å²) in [5.41, 5.74) is 2.17. The number of piperidine rings is 1. The molecule has 3 rings (SSSR count). The van der Waals surface area contributed by atoms with E-state index in [0.717, 1.165) is 43.3 Å². The van der Waals surface area contributed by atoms with Crippen molar-refractivity contribution in [1.29, 1.82) is 0 Å². The number of anilines is 2. The second-order valence-corrected chi connectivity index (χ2v) is 7.07. The van der Waals surface area contributed by atoms with Gasteiger partial charge >= 0.3 is 6.03 Å². The molecule has 0 saturated carbocycles. The molecule has 0 radical (unpaired) electrons. The molecule has 30 heavy (non-hydrogen) atoms. The van der Waals surface area contributed by atoms with E-state index in [2.05, 4.69) is 25.5 Å². The van der Waals surface area contributed by atoms with E-state index in [4.69, 9.17) is 14.2 Å². The Kier molecular flexibility index (Phi) is 7.16. The minimum atomic E-state index is -0.361. The maximum absolute atomic E-state index is 12.4. The summed E-state index contributed by atoms with van der Waals surface area (Å²) in [6, 6.07) is 4.86. The number of aryl methyl sites for hydroxylation is 1. The number of methoxy groups -OCH3 is 3. The zero-order chi connectivity index (χ0) is 21.5. The van der Waals surface area contributed by atoms with Crippen molar-refractivity contribution in [2.24, 2.45) is 0 Å². The molecule has 0 unspecified atom stereocenters. The van der Waals surface area contributed by atoms with Gasteiger partial charge in [-0.05, 0) is 32.3 Å². The normalized spacial score (nSPS) is 13.5. The van der Waals surface area contributed by atoms with Gasteiger partial charge in [0.25, 0.3) is 0 Å². The number of carbonyl (C=O) groups excluding carboxylic acids is 1. The van der Waals surface area contributed by atoms with Crippen LogP contribution in [0.5, 0.6) is 17.2 Å². The molecule has 1 aliphatic rings. The molecule has 0 aliphatic carbocycles. The molecule has 1 aromatic heterocycles. The Bertz CT molecular complexity index is 859. The quantitative estimate of drug-likeness (QED) is 0.717. The molecule has 162 valence electrons. The molecule has 0 bridgehead atoms. The zero-order valence-electron chi connectivity index (χ0n) is 17.9. The average Bonchev–Trinajstić information content (AvgIpc) is 2.77. The smallest absolute Gasteiger partial charge is 0.319 e. The van der Waals surface area contributed by atoms with Crippen LogP contribution >= 0.6 is 0 Å². The summed E-state index contributed by atoms with van der Waals surface area (Å²) in [5.74, 6) is 2.12. The van der Waals surface area contributed by atoms with Crippen LogP contribution in [0.4, 0.5) is 16.4 Å². The zero-order valence-corrected chi connectivity index (χ0v) is 17.9. The predicted molar refractivity (Wildman–Crippen MR) is 115 cm³/mol. The van der Waals surface area contributed by atoms with Gasteiger partial charge in [0, 0.05) is 30.9 Å². The third-order valence-electron chi connectivity index (χ3n) is 4.89. The first-order valence-electron chi connectivity index (χ1n) is 9.98. The molecule has 9 heteroatoms. The number of nitrogens with zero attached hydrogens (tertiary/aromatic N) is 3. The Balaban J connectivity index is 1.65. The molecular weight excluding hydrogens is 386 g/mol. The highest BCUT2D eigenvalue weighted by Crippen LogP contribution is 2.39. The molecule has 1 fully saturated rings. The van der Waals surface area contributed by atoms with Crippen LogP contribution < -0.4 is 29.7 Å². The van der Waals surface area contributed by atoms with Gasteiger partial charge in [-0.25, -0.2) is 14.8 Å². The van der Waals surface area contributed by atoms with Gasteiger partial charge < -0.3 is 29.7 Å². The molecule has 0 spiro atoms. The van der Waals surface area contributed by atoms with Gasteiger partial charge in [-0.3, -0.25) is 0 Å². The monoisotopic (exact) mass is 415 g/mol. The van der Waals surface area contributed by atoms with Gasteiger partial charge in [0.15, 0.2) is 11.5 Å². The van der Waals surface area contributed by atoms with E-state index in [1.165, 1.54) is 27.8 Å². The Morgan fingerprint density at radius 3 is 2.27 bits per heavy atom. The molecule has 2 aromatic rings. The maximum atomic E-state index is 12.4. The van der Waals surface area contributed by atoms with Crippen molar-refractivity contribution in [2.45, 2.75) is 32.7 Å². The van der Waals surface area contributed by atoms with E-state index in [1.54, 1.807) is 12.1 Å². The molecule has 1 aromatic carbocycles. The van der Waals surface area contributed by atoms with E-state index >= 15 is 0 Å². The molecular formula is C21H29N5O4. The van der Waals surface area contributed by atoms with Crippen LogP contribution in [0.2, 0.25) is 0 Å². The third-order valence-corrected chi connectivity index (χ3v) is 4.89. The van der Waals surface area contributed by atoms with Crippen LogP contribution in [0.1, 0.15) is 30.7 Å². The van der Waals surface area contributed by atoms with Gasteiger partial charge in [-0.2, -0.15) is 0 Å². The van der Waals surface area contributed by atoms with Crippen LogP contribution in [-0.4, -0.2) is 50.4 Å². The van der Waals surface area contributed by atoms with Crippen molar-refractivity contribution in [1.82, 2.24) is 15.3 Å². The Labute approximate surface area is 176 Å². The number of aromatic nitrogens is 2. The summed E-state index contributed by atoms with van der Waals surface area (Å²) in [6.45, 7) is 4.17. The number of carbonyl (C=O) groups is 1. The second kappa shape index (κ2) is 10.00. The molecule has 2 N–H and O–H groups in total. The number of rotatable bonds is 7. The Morgan fingerprint density at radius 1 is 1.00 bits per heavy atom. The van der Waals surface area contributed by atoms with Crippen LogP contribution in [-0.2, 0) is 6.54 Å². The summed E-state index contributed by atoms with van der Waals surface area (Å²) in [6.07, 6.45) is 3.56. The summed E-state index contributed by atoms with van der Waals surface area (Å²) >= 11 is 0. The number of amides is 2. The predicted octanol–water partition coefficient (Wildman–Crippen LogP) is 3.12. The molecule has 2 amide bonds. The lowest BCUT2D eigenvalue weighted by atomic mass is 10.1. The van der Waals surface area contributed by atoms with Gasteiger partial charge in [-0.15, -0.1) is 0 Å². The minimum absolute atomic E-state index is 0.292. The van der Waals surface area contributed by atoms with Crippen molar-refractivity contribution in [3.05, 3.63) is 29.6 Å². The highest BCUT2D eigenvalue weighted by molar-refractivity contribution is 5.90. The van der Waals surface area contributed by atoms with Crippen LogP contribution in [0.3, 0.4) is 0 Å². The first-order valence-corrected chi connectivity index (χ1v) is 9.98. The lowest BCUT2D eigenvalue weighted by Gasteiger charge is -2.27. The summed E-state index contributed by atoms with van der Waals surface area (Å²) in [7, 11) is 4.58. The maximum Gasteiger partial charge on any atom is 0.319 e. The van der Waals surface area contributed by atoms with Gasteiger partial charge in [0.2, 0.25) is 11.7 Å². The summed E-state index contributed by atoms with van der Waals surface area (Å²) in [5, 5.41) is 5.62. The SMILES string of the molecule is COc1cc(NC(=O)NCc2cc(C)nc(N3CCCCC3)n2)cc(OC)c1OC. The van der Waals surface area contributed by atoms with E-state index in [1.807, 2.05) is 13.0 Å². The van der Waals surface area contributed by atoms with Crippen molar-refractivity contribution < 1.29 is 19.0 Å². The van der Waals surface area contributed by atoms with E-state index < -0.39 is 0 Å². The van der Waals surface area contributed by atoms with E-state index in [-0.39, 0.29) is 6.03 Å². The first-order chi connectivity index (χ1) is 14.5. The highest BCUT2D eigenvalue weighted by Gasteiger charge is 2.16. The standard InChI is InChI=1S/C21H29N5O4/c1-14-10-16(24-20(23-14)26-8-6-5-7-9-26)13-22-21(27)25-15-11-17(28-2)19(30-4)18(12-15)29-3/h10-12H,5-9,13H2,1-4H3,(H2,22,25,27). The van der Waals surface area contributed by atoms with E-state index in [0.29, 0.717) is 29.5 Å². The summed E-state index contributed by atoms with van der Waals surface area (Å²) in [4.78, 5) is 23.8. The Hall–Kier alpha value is -3.23. The fourth-order valence-corrected chi connectivity index (χ4v) is 3.44. The number of nitrogens with one attached hydrogen (secondary N) is 2. The first kappa shape index (κ1) is 21.5. The lowest BCUT2D eigenvalue weighted by Crippen LogP contribution is -2.32. The summed E-state index contributed by atoms with van der Waals surface area (Å²) < 4.78 is 15.9. The third kappa shape index (κ3) is 5.22. The van der Waals surface area contributed by atoms with Crippen molar-refractivity contribution in [2.75, 3.05) is 44.6 Å². The minimum Gasteiger partial charge on any atom is -0.493 e. The fraction of sp³-hybridized carbons (Fsp3) is 0.476. The number of urea groups is 1. The van der Waals surface area contributed by atoms with Gasteiger partial charge in [-0.1, -0.05) is 0 Å². The second-order valence-electron chi connectivity index (χ2n) is 7.07. The largest absolute Gasteiger partial charge is 0.493 e.